The van der Waals surface area contributed by atoms with Gasteiger partial charge in [-0.1, -0.05) is 102 Å². The lowest BCUT2D eigenvalue weighted by Gasteiger charge is -2.47. The lowest BCUT2D eigenvalue weighted by molar-refractivity contribution is 0.0891. The topological polar surface area (TPSA) is 15.3 Å². The van der Waals surface area contributed by atoms with Gasteiger partial charge >= 0.3 is 0 Å². The Labute approximate surface area is 173 Å². The molecule has 0 aliphatic heterocycles. The highest BCUT2D eigenvalue weighted by Gasteiger charge is 2.40. The summed E-state index contributed by atoms with van der Waals surface area (Å²) in [6, 6.07) is 22.2. The first-order chi connectivity index (χ1) is 13.4. The zero-order valence-corrected chi connectivity index (χ0v) is 18.8. The number of benzene rings is 2. The fourth-order valence-corrected chi connectivity index (χ4v) is 4.08. The van der Waals surface area contributed by atoms with Crippen LogP contribution >= 0.6 is 0 Å². The second kappa shape index (κ2) is 10.8. The summed E-state index contributed by atoms with van der Waals surface area (Å²) in [5, 5.41) is 3.81. The molecule has 0 heterocycles. The Hall–Kier alpha value is -1.64. The van der Waals surface area contributed by atoms with Gasteiger partial charge in [0.1, 0.15) is 0 Å². The highest BCUT2D eigenvalue weighted by Crippen LogP contribution is 2.37. The summed E-state index contributed by atoms with van der Waals surface area (Å²) >= 11 is 0. The molecule has 0 amide bonds. The van der Waals surface area contributed by atoms with E-state index in [9.17, 15) is 0 Å². The second-order valence-corrected chi connectivity index (χ2v) is 9.31. The van der Waals surface area contributed by atoms with Crippen LogP contribution in [0, 0.1) is 17.8 Å². The van der Waals surface area contributed by atoms with E-state index in [1.54, 1.807) is 0 Å². The minimum absolute atomic E-state index is 0.175. The number of nitrogens with zero attached hydrogens (tertiary/aromatic N) is 1. The number of hydrogen-bond donors (Lipinski definition) is 1. The SMILES string of the molecule is CC(C)CNCC(c1ccccc1)(c1ccccc1)N(CC(C)C)CC(C)C. The van der Waals surface area contributed by atoms with Crippen LogP contribution in [-0.4, -0.2) is 31.1 Å². The Bertz CT molecular complexity index is 612. The van der Waals surface area contributed by atoms with Crippen LogP contribution in [0.25, 0.3) is 0 Å². The van der Waals surface area contributed by atoms with Gasteiger partial charge in [-0.2, -0.15) is 0 Å². The Morgan fingerprint density at radius 1 is 0.679 bits per heavy atom. The molecule has 28 heavy (non-hydrogen) atoms. The Kier molecular flexibility index (Phi) is 8.72. The zero-order chi connectivity index (χ0) is 20.6. The Morgan fingerprint density at radius 3 is 1.46 bits per heavy atom. The molecule has 2 aromatic carbocycles. The van der Waals surface area contributed by atoms with E-state index in [0.717, 1.165) is 26.2 Å². The normalized spacial score (nSPS) is 12.5. The number of rotatable bonds is 11. The highest BCUT2D eigenvalue weighted by atomic mass is 15.2. The molecule has 0 radical (unpaired) electrons. The van der Waals surface area contributed by atoms with Crippen molar-refractivity contribution in [3.63, 3.8) is 0 Å². The van der Waals surface area contributed by atoms with Crippen LogP contribution in [0.1, 0.15) is 52.7 Å². The van der Waals surface area contributed by atoms with Crippen molar-refractivity contribution >= 4 is 0 Å². The molecule has 2 heteroatoms. The van der Waals surface area contributed by atoms with E-state index < -0.39 is 0 Å². The summed E-state index contributed by atoms with van der Waals surface area (Å²) in [7, 11) is 0. The molecule has 0 saturated heterocycles. The van der Waals surface area contributed by atoms with Gasteiger partial charge in [-0.25, -0.2) is 0 Å². The van der Waals surface area contributed by atoms with E-state index in [1.165, 1.54) is 11.1 Å². The molecule has 0 aliphatic rings. The van der Waals surface area contributed by atoms with Crippen LogP contribution in [0.2, 0.25) is 0 Å². The average molecular weight is 381 g/mol. The van der Waals surface area contributed by atoms with E-state index >= 15 is 0 Å². The molecule has 0 fully saturated rings. The van der Waals surface area contributed by atoms with Crippen LogP contribution in [0.5, 0.6) is 0 Å². The fourth-order valence-electron chi connectivity index (χ4n) is 4.08. The van der Waals surface area contributed by atoms with Gasteiger partial charge in [0.05, 0.1) is 5.54 Å². The van der Waals surface area contributed by atoms with Crippen molar-refractivity contribution < 1.29 is 0 Å². The first kappa shape index (κ1) is 22.6. The number of hydrogen-bond acceptors (Lipinski definition) is 2. The molecule has 2 rings (SSSR count). The monoisotopic (exact) mass is 380 g/mol. The third-order valence-corrected chi connectivity index (χ3v) is 5.15. The van der Waals surface area contributed by atoms with Crippen molar-refractivity contribution in [2.75, 3.05) is 26.2 Å². The smallest absolute Gasteiger partial charge is 0.0842 e. The summed E-state index contributed by atoms with van der Waals surface area (Å²) in [5.41, 5.74) is 2.57. The molecule has 0 bridgehead atoms. The maximum Gasteiger partial charge on any atom is 0.0842 e. The first-order valence-electron chi connectivity index (χ1n) is 10.9. The molecule has 0 atom stereocenters. The fraction of sp³-hybridized carbons (Fsp3) is 0.538. The van der Waals surface area contributed by atoms with Crippen LogP contribution in [0.4, 0.5) is 0 Å². The maximum atomic E-state index is 3.81. The van der Waals surface area contributed by atoms with Crippen molar-refractivity contribution in [3.8, 4) is 0 Å². The summed E-state index contributed by atoms with van der Waals surface area (Å²) in [6.45, 7) is 18.0. The van der Waals surface area contributed by atoms with Crippen molar-refractivity contribution in [1.29, 1.82) is 0 Å². The van der Waals surface area contributed by atoms with Gasteiger partial charge in [0.15, 0.2) is 0 Å². The van der Waals surface area contributed by atoms with Crippen LogP contribution in [-0.2, 0) is 5.54 Å². The van der Waals surface area contributed by atoms with Gasteiger partial charge in [-0.15, -0.1) is 0 Å². The van der Waals surface area contributed by atoms with Gasteiger partial charge in [0.25, 0.3) is 0 Å². The minimum atomic E-state index is -0.175. The molecule has 0 aromatic heterocycles. The van der Waals surface area contributed by atoms with E-state index in [4.69, 9.17) is 0 Å². The van der Waals surface area contributed by atoms with Crippen molar-refractivity contribution in [2.24, 2.45) is 17.8 Å². The lowest BCUT2D eigenvalue weighted by atomic mass is 9.79. The van der Waals surface area contributed by atoms with Gasteiger partial charge in [0.2, 0.25) is 0 Å². The highest BCUT2D eigenvalue weighted by molar-refractivity contribution is 5.39. The third kappa shape index (κ3) is 5.93. The minimum Gasteiger partial charge on any atom is -0.314 e. The van der Waals surface area contributed by atoms with E-state index in [1.807, 2.05) is 0 Å². The van der Waals surface area contributed by atoms with Gasteiger partial charge in [-0.05, 0) is 35.4 Å². The molecule has 0 saturated carbocycles. The molecule has 2 nitrogen and oxygen atoms in total. The molecular formula is C26H40N2. The summed E-state index contributed by atoms with van der Waals surface area (Å²) < 4.78 is 0. The standard InChI is InChI=1S/C26H40N2/c1-21(2)17-27-20-26(24-13-9-7-10-14-24,25-15-11-8-12-16-25)28(18-22(3)4)19-23(5)6/h7-16,21-23,27H,17-20H2,1-6H3. The zero-order valence-electron chi connectivity index (χ0n) is 18.8. The molecule has 0 unspecified atom stereocenters. The van der Waals surface area contributed by atoms with Crippen LogP contribution in [0.3, 0.4) is 0 Å². The molecular weight excluding hydrogens is 340 g/mol. The second-order valence-electron chi connectivity index (χ2n) is 9.31. The summed E-state index contributed by atoms with van der Waals surface area (Å²) in [6.07, 6.45) is 0. The van der Waals surface area contributed by atoms with E-state index in [2.05, 4.69) is 112 Å². The lowest BCUT2D eigenvalue weighted by Crippen LogP contribution is -2.55. The largest absolute Gasteiger partial charge is 0.314 e. The Morgan fingerprint density at radius 2 is 1.11 bits per heavy atom. The van der Waals surface area contributed by atoms with Gasteiger partial charge in [-0.3, -0.25) is 4.90 Å². The van der Waals surface area contributed by atoms with Crippen molar-refractivity contribution in [1.82, 2.24) is 10.2 Å². The average Bonchev–Trinajstić information content (AvgIpc) is 2.65. The van der Waals surface area contributed by atoms with Gasteiger partial charge < -0.3 is 5.32 Å². The number of nitrogens with one attached hydrogen (secondary N) is 1. The maximum absolute atomic E-state index is 3.81. The van der Waals surface area contributed by atoms with Crippen LogP contribution < -0.4 is 5.32 Å². The molecule has 154 valence electrons. The predicted molar refractivity (Wildman–Crippen MR) is 123 cm³/mol. The first-order valence-corrected chi connectivity index (χ1v) is 10.9. The van der Waals surface area contributed by atoms with Gasteiger partial charge in [0, 0.05) is 19.6 Å². The van der Waals surface area contributed by atoms with Crippen LogP contribution in [0.15, 0.2) is 60.7 Å². The predicted octanol–water partition coefficient (Wildman–Crippen LogP) is 5.79. The third-order valence-electron chi connectivity index (χ3n) is 5.15. The van der Waals surface area contributed by atoms with E-state index in [0.29, 0.717) is 17.8 Å². The van der Waals surface area contributed by atoms with E-state index in [-0.39, 0.29) is 5.54 Å². The molecule has 1 N–H and O–H groups in total. The molecule has 0 spiro atoms. The quantitative estimate of drug-likeness (QED) is 0.531. The van der Waals surface area contributed by atoms with Crippen molar-refractivity contribution in [3.05, 3.63) is 71.8 Å². The molecule has 2 aromatic rings. The molecule has 0 aliphatic carbocycles. The summed E-state index contributed by atoms with van der Waals surface area (Å²) in [5.74, 6) is 1.85. The Balaban J connectivity index is 2.63. The summed E-state index contributed by atoms with van der Waals surface area (Å²) in [4.78, 5) is 2.72. The van der Waals surface area contributed by atoms with Crippen molar-refractivity contribution in [2.45, 2.75) is 47.1 Å².